The first-order chi connectivity index (χ1) is 13.2. The molecule has 0 bridgehead atoms. The highest BCUT2D eigenvalue weighted by molar-refractivity contribution is 7.90. The lowest BCUT2D eigenvalue weighted by atomic mass is 10.2. The van der Waals surface area contributed by atoms with Crippen LogP contribution in [0, 0.1) is 0 Å². The lowest BCUT2D eigenvalue weighted by Gasteiger charge is -2.09. The monoisotopic (exact) mass is 426 g/mol. The van der Waals surface area contributed by atoms with Crippen LogP contribution >= 0.6 is 11.6 Å². The average molecular weight is 427 g/mol. The van der Waals surface area contributed by atoms with Crippen molar-refractivity contribution in [3.05, 3.63) is 53.1 Å². The highest BCUT2D eigenvalue weighted by atomic mass is 35.5. The Morgan fingerprint density at radius 3 is 2.43 bits per heavy atom. The maximum Gasteiger partial charge on any atom is 0.273 e. The lowest BCUT2D eigenvalue weighted by Crippen LogP contribution is -2.41. The average Bonchev–Trinajstić information content (AvgIpc) is 2.65. The zero-order valence-electron chi connectivity index (χ0n) is 14.9. The molecular formula is C18H19ClN2O6S. The molecule has 2 rings (SSSR count). The summed E-state index contributed by atoms with van der Waals surface area (Å²) in [5.74, 6) is -0.912. The van der Waals surface area contributed by atoms with E-state index in [-0.39, 0.29) is 34.3 Å². The summed E-state index contributed by atoms with van der Waals surface area (Å²) in [7, 11) is -3.26. The maximum atomic E-state index is 11.9. The second-order valence-electron chi connectivity index (χ2n) is 5.86. The molecule has 0 aliphatic heterocycles. The van der Waals surface area contributed by atoms with Gasteiger partial charge in [-0.25, -0.2) is 8.42 Å². The molecule has 0 spiro atoms. The first-order valence-electron chi connectivity index (χ1n) is 8.17. The van der Waals surface area contributed by atoms with Gasteiger partial charge in [-0.3, -0.25) is 20.4 Å². The number of benzene rings is 2. The normalized spacial score (nSPS) is 10.9. The van der Waals surface area contributed by atoms with Crippen LogP contribution in [0.15, 0.2) is 47.4 Å². The van der Waals surface area contributed by atoms with Gasteiger partial charge in [-0.2, -0.15) is 0 Å². The molecule has 0 aromatic heterocycles. The van der Waals surface area contributed by atoms with Crippen LogP contribution in [0.4, 0.5) is 0 Å². The second kappa shape index (κ2) is 9.43. The Labute approximate surface area is 167 Å². The standard InChI is InChI=1S/C18H19ClN2O6S/c1-28(25,26)14-7-5-13(6-8-14)27-10-2-3-17(23)20-21-18(24)15-11-12(19)4-9-16(15)22/h4-9,11,22H,2-3,10H2,1H3,(H,20,23)(H,21,24). The lowest BCUT2D eigenvalue weighted by molar-refractivity contribution is -0.122. The quantitative estimate of drug-likeness (QED) is 0.460. The Bertz CT molecular complexity index is 961. The minimum Gasteiger partial charge on any atom is -0.507 e. The third-order valence-corrected chi connectivity index (χ3v) is 4.95. The van der Waals surface area contributed by atoms with Crippen LogP contribution in [0.25, 0.3) is 0 Å². The Morgan fingerprint density at radius 2 is 1.79 bits per heavy atom. The van der Waals surface area contributed by atoms with Gasteiger partial charge in [0.25, 0.3) is 5.91 Å². The second-order valence-corrected chi connectivity index (χ2v) is 8.31. The number of hydrogen-bond donors (Lipinski definition) is 3. The third-order valence-electron chi connectivity index (χ3n) is 3.59. The minimum absolute atomic E-state index is 0.0614. The fourth-order valence-electron chi connectivity index (χ4n) is 2.15. The Balaban J connectivity index is 1.71. The van der Waals surface area contributed by atoms with Crippen LogP contribution in [-0.2, 0) is 14.6 Å². The number of amides is 2. The number of hydrogen-bond acceptors (Lipinski definition) is 6. The molecule has 0 radical (unpaired) electrons. The number of halogens is 1. The predicted octanol–water partition coefficient (Wildman–Crippen LogP) is 2.07. The van der Waals surface area contributed by atoms with Crippen molar-refractivity contribution in [3.63, 3.8) is 0 Å². The molecule has 28 heavy (non-hydrogen) atoms. The van der Waals surface area contributed by atoms with Crippen LogP contribution in [0.1, 0.15) is 23.2 Å². The van der Waals surface area contributed by atoms with E-state index < -0.39 is 21.7 Å². The van der Waals surface area contributed by atoms with Gasteiger partial charge < -0.3 is 9.84 Å². The fraction of sp³-hybridized carbons (Fsp3) is 0.222. The smallest absolute Gasteiger partial charge is 0.273 e. The first-order valence-corrected chi connectivity index (χ1v) is 10.4. The summed E-state index contributed by atoms with van der Waals surface area (Å²) in [5, 5.41) is 9.91. The first kappa shape index (κ1) is 21.5. The summed E-state index contributed by atoms with van der Waals surface area (Å²) >= 11 is 5.77. The molecule has 0 unspecified atom stereocenters. The maximum absolute atomic E-state index is 11.9. The highest BCUT2D eigenvalue weighted by Crippen LogP contribution is 2.21. The van der Waals surface area contributed by atoms with Crippen molar-refractivity contribution in [1.82, 2.24) is 10.9 Å². The molecule has 0 aliphatic rings. The van der Waals surface area contributed by atoms with Gasteiger partial charge >= 0.3 is 0 Å². The summed E-state index contributed by atoms with van der Waals surface area (Å²) in [6.07, 6.45) is 1.58. The SMILES string of the molecule is CS(=O)(=O)c1ccc(OCCCC(=O)NNC(=O)c2cc(Cl)ccc2O)cc1. The van der Waals surface area contributed by atoms with E-state index in [1.54, 1.807) is 0 Å². The summed E-state index contributed by atoms with van der Waals surface area (Å²) in [5.41, 5.74) is 4.36. The van der Waals surface area contributed by atoms with E-state index in [4.69, 9.17) is 16.3 Å². The van der Waals surface area contributed by atoms with E-state index in [1.165, 1.54) is 42.5 Å². The van der Waals surface area contributed by atoms with Crippen molar-refractivity contribution in [2.24, 2.45) is 0 Å². The molecule has 0 saturated heterocycles. The van der Waals surface area contributed by atoms with E-state index in [0.29, 0.717) is 12.2 Å². The van der Waals surface area contributed by atoms with Gasteiger partial charge in [0.2, 0.25) is 5.91 Å². The van der Waals surface area contributed by atoms with Crippen LogP contribution in [0.2, 0.25) is 5.02 Å². The van der Waals surface area contributed by atoms with E-state index in [2.05, 4.69) is 10.9 Å². The van der Waals surface area contributed by atoms with Gasteiger partial charge in [0.1, 0.15) is 11.5 Å². The summed E-state index contributed by atoms with van der Waals surface area (Å²) in [6.45, 7) is 0.231. The topological polar surface area (TPSA) is 122 Å². The van der Waals surface area contributed by atoms with Crippen molar-refractivity contribution < 1.29 is 27.9 Å². The Morgan fingerprint density at radius 1 is 1.11 bits per heavy atom. The Kier molecular flexibility index (Phi) is 7.24. The fourth-order valence-corrected chi connectivity index (χ4v) is 2.95. The number of carbonyl (C=O) groups is 2. The number of phenolic OH excluding ortho intramolecular Hbond substituents is 1. The number of aromatic hydroxyl groups is 1. The van der Waals surface area contributed by atoms with Crippen LogP contribution in [0.3, 0.4) is 0 Å². The van der Waals surface area contributed by atoms with Gasteiger partial charge in [0, 0.05) is 17.7 Å². The molecular weight excluding hydrogens is 408 g/mol. The zero-order valence-corrected chi connectivity index (χ0v) is 16.5. The number of rotatable bonds is 7. The molecule has 0 fully saturated rings. The van der Waals surface area contributed by atoms with Gasteiger partial charge in [-0.15, -0.1) is 0 Å². The summed E-state index contributed by atoms with van der Waals surface area (Å²) < 4.78 is 28.2. The van der Waals surface area contributed by atoms with Crippen molar-refractivity contribution in [1.29, 1.82) is 0 Å². The van der Waals surface area contributed by atoms with Crippen molar-refractivity contribution in [3.8, 4) is 11.5 Å². The summed E-state index contributed by atoms with van der Waals surface area (Å²) in [4.78, 5) is 23.9. The molecule has 0 aliphatic carbocycles. The van der Waals surface area contributed by atoms with E-state index in [9.17, 15) is 23.1 Å². The zero-order chi connectivity index (χ0) is 20.7. The molecule has 0 heterocycles. The number of carbonyl (C=O) groups excluding carboxylic acids is 2. The van der Waals surface area contributed by atoms with Crippen LogP contribution in [0.5, 0.6) is 11.5 Å². The number of hydrazine groups is 1. The molecule has 2 aromatic carbocycles. The number of phenols is 1. The van der Waals surface area contributed by atoms with E-state index >= 15 is 0 Å². The molecule has 2 amide bonds. The number of ether oxygens (including phenoxy) is 1. The molecule has 10 heteroatoms. The van der Waals surface area contributed by atoms with E-state index in [1.807, 2.05) is 0 Å². The predicted molar refractivity (Wildman–Crippen MR) is 103 cm³/mol. The van der Waals surface area contributed by atoms with Crippen molar-refractivity contribution in [2.75, 3.05) is 12.9 Å². The van der Waals surface area contributed by atoms with Gasteiger partial charge in [-0.05, 0) is 48.9 Å². The van der Waals surface area contributed by atoms with Gasteiger partial charge in [0.05, 0.1) is 17.1 Å². The molecule has 0 atom stereocenters. The van der Waals surface area contributed by atoms with E-state index in [0.717, 1.165) is 6.26 Å². The minimum atomic E-state index is -3.26. The molecule has 150 valence electrons. The van der Waals surface area contributed by atoms with Crippen LogP contribution < -0.4 is 15.6 Å². The molecule has 3 N–H and O–H groups in total. The molecule has 2 aromatic rings. The van der Waals surface area contributed by atoms with Gasteiger partial charge in [0.15, 0.2) is 9.84 Å². The number of nitrogens with one attached hydrogen (secondary N) is 2. The Hall–Kier alpha value is -2.78. The highest BCUT2D eigenvalue weighted by Gasteiger charge is 2.12. The van der Waals surface area contributed by atoms with Gasteiger partial charge in [-0.1, -0.05) is 11.6 Å². The van der Waals surface area contributed by atoms with Crippen LogP contribution in [-0.4, -0.2) is 38.2 Å². The largest absolute Gasteiger partial charge is 0.507 e. The molecule has 8 nitrogen and oxygen atoms in total. The van der Waals surface area contributed by atoms with Crippen molar-refractivity contribution >= 4 is 33.3 Å². The molecule has 0 saturated carbocycles. The third kappa shape index (κ3) is 6.43. The van der Waals surface area contributed by atoms with Crippen molar-refractivity contribution in [2.45, 2.75) is 17.7 Å². The summed E-state index contributed by atoms with van der Waals surface area (Å²) in [6, 6.07) is 9.94. The number of sulfone groups is 1.